The van der Waals surface area contributed by atoms with Gasteiger partial charge in [-0.15, -0.1) is 12.4 Å². The third-order valence-corrected chi connectivity index (χ3v) is 3.98. The first kappa shape index (κ1) is 23.8. The Morgan fingerprint density at radius 3 is 2.71 bits per heavy atom. The molecule has 1 aromatic heterocycles. The Labute approximate surface area is 184 Å². The minimum Gasteiger partial charge on any atom is -0.490 e. The Hall–Kier alpha value is -3.48. The monoisotopic (exact) mass is 446 g/mol. The van der Waals surface area contributed by atoms with E-state index >= 15 is 0 Å². The van der Waals surface area contributed by atoms with Gasteiger partial charge in [0.2, 0.25) is 5.82 Å². The number of nitrogens with two attached hydrogens (primary N) is 1. The molecular weight excluding hydrogens is 427 g/mol. The van der Waals surface area contributed by atoms with Crippen LogP contribution in [0.25, 0.3) is 22.8 Å². The van der Waals surface area contributed by atoms with Crippen LogP contribution in [0.3, 0.4) is 0 Å². The molecule has 0 radical (unpaired) electrons. The molecule has 0 bridgehead atoms. The van der Waals surface area contributed by atoms with Crippen LogP contribution in [0.15, 0.2) is 40.9 Å². The van der Waals surface area contributed by atoms with Crippen molar-refractivity contribution in [1.29, 1.82) is 5.26 Å². The van der Waals surface area contributed by atoms with Gasteiger partial charge in [-0.05, 0) is 49.7 Å². The van der Waals surface area contributed by atoms with Crippen LogP contribution in [-0.4, -0.2) is 28.8 Å². The summed E-state index contributed by atoms with van der Waals surface area (Å²) in [7, 11) is 0. The zero-order valence-corrected chi connectivity index (χ0v) is 17.6. The van der Waals surface area contributed by atoms with Crippen molar-refractivity contribution in [3.8, 4) is 34.7 Å². The van der Waals surface area contributed by atoms with E-state index in [1.54, 1.807) is 24.3 Å². The fraction of sp³-hybridized carbons (Fsp3) is 0.238. The maximum absolute atomic E-state index is 14.5. The lowest BCUT2D eigenvalue weighted by atomic mass is 10.1. The van der Waals surface area contributed by atoms with E-state index in [1.807, 2.05) is 13.8 Å². The van der Waals surface area contributed by atoms with Gasteiger partial charge in [0.15, 0.2) is 0 Å². The van der Waals surface area contributed by atoms with Gasteiger partial charge in [-0.1, -0.05) is 11.2 Å². The van der Waals surface area contributed by atoms with Crippen molar-refractivity contribution < 1.29 is 23.2 Å². The van der Waals surface area contributed by atoms with Crippen LogP contribution >= 0.6 is 12.4 Å². The molecule has 162 valence electrons. The van der Waals surface area contributed by atoms with E-state index in [9.17, 15) is 14.4 Å². The fourth-order valence-corrected chi connectivity index (χ4v) is 2.61. The van der Waals surface area contributed by atoms with Crippen LogP contribution in [0, 0.1) is 17.1 Å². The molecule has 0 fully saturated rings. The number of nitriles is 1. The summed E-state index contributed by atoms with van der Waals surface area (Å²) in [5.74, 6) is -0.536. The first-order valence-corrected chi connectivity index (χ1v) is 9.10. The van der Waals surface area contributed by atoms with Crippen molar-refractivity contribution in [2.45, 2.75) is 26.6 Å². The fourth-order valence-electron chi connectivity index (χ4n) is 2.61. The lowest BCUT2D eigenvalue weighted by Crippen LogP contribution is -2.16. The molecule has 10 heteroatoms. The predicted octanol–water partition coefficient (Wildman–Crippen LogP) is 3.63. The van der Waals surface area contributed by atoms with Crippen molar-refractivity contribution in [3.05, 3.63) is 53.3 Å². The van der Waals surface area contributed by atoms with Crippen molar-refractivity contribution in [3.63, 3.8) is 0 Å². The van der Waals surface area contributed by atoms with E-state index < -0.39 is 11.8 Å². The highest BCUT2D eigenvalue weighted by molar-refractivity contribution is 5.85. The van der Waals surface area contributed by atoms with Gasteiger partial charge in [0, 0.05) is 5.56 Å². The summed E-state index contributed by atoms with van der Waals surface area (Å²) in [6.45, 7) is 3.39. The summed E-state index contributed by atoms with van der Waals surface area (Å²) in [5.41, 5.74) is 6.58. The van der Waals surface area contributed by atoms with Gasteiger partial charge >= 0.3 is 5.97 Å². The average Bonchev–Trinajstić information content (AvgIpc) is 3.21. The lowest BCUT2D eigenvalue weighted by molar-refractivity contribution is -0.143. The molecule has 0 saturated carbocycles. The number of halogens is 2. The Bertz CT molecular complexity index is 1110. The number of carbonyl (C=O) groups is 1. The van der Waals surface area contributed by atoms with Gasteiger partial charge in [0.1, 0.15) is 24.2 Å². The number of aromatic nitrogens is 2. The molecule has 0 atom stereocenters. The second-order valence-corrected chi connectivity index (χ2v) is 6.59. The van der Waals surface area contributed by atoms with E-state index in [0.717, 1.165) is 0 Å². The minimum atomic E-state index is -0.595. The molecule has 0 saturated heterocycles. The molecule has 3 rings (SSSR count). The van der Waals surface area contributed by atoms with Crippen LogP contribution in [0.4, 0.5) is 4.39 Å². The number of ether oxygens (including phenoxy) is 2. The number of hydrogen-bond donors (Lipinski definition) is 1. The summed E-state index contributed by atoms with van der Waals surface area (Å²) >= 11 is 0. The second kappa shape index (κ2) is 10.5. The van der Waals surface area contributed by atoms with Gasteiger partial charge in [0.05, 0.1) is 23.8 Å². The van der Waals surface area contributed by atoms with Gasteiger partial charge in [0.25, 0.3) is 5.89 Å². The van der Waals surface area contributed by atoms with E-state index in [1.165, 1.54) is 12.1 Å². The Morgan fingerprint density at radius 2 is 2.06 bits per heavy atom. The summed E-state index contributed by atoms with van der Waals surface area (Å²) in [6, 6.07) is 11.2. The summed E-state index contributed by atoms with van der Waals surface area (Å²) < 4.78 is 30.2. The SMILES string of the molecule is CC(C)Oc1ccc(-c2nc(-c3ccc(COC(=O)CN)cc3F)no2)cc1C#N.Cl. The normalized spacial score (nSPS) is 10.3. The van der Waals surface area contributed by atoms with Crippen LogP contribution in [-0.2, 0) is 16.1 Å². The molecule has 3 aromatic rings. The van der Waals surface area contributed by atoms with Crippen LogP contribution < -0.4 is 10.5 Å². The topological polar surface area (TPSA) is 124 Å². The number of rotatable bonds is 7. The summed E-state index contributed by atoms with van der Waals surface area (Å²) in [5, 5.41) is 13.2. The van der Waals surface area contributed by atoms with Crippen LogP contribution in [0.2, 0.25) is 0 Å². The highest BCUT2D eigenvalue weighted by Crippen LogP contribution is 2.28. The molecule has 0 amide bonds. The molecule has 0 unspecified atom stereocenters. The van der Waals surface area contributed by atoms with Gasteiger partial charge in [-0.3, -0.25) is 4.79 Å². The molecule has 0 spiro atoms. The van der Waals surface area contributed by atoms with E-state index in [4.69, 9.17) is 19.7 Å². The molecule has 31 heavy (non-hydrogen) atoms. The Kier molecular flexibility index (Phi) is 8.07. The maximum Gasteiger partial charge on any atom is 0.320 e. The van der Waals surface area contributed by atoms with Crippen molar-refractivity contribution in [2.24, 2.45) is 5.73 Å². The number of esters is 1. The standard InChI is InChI=1S/C21H19FN4O4.ClH/c1-12(2)29-18-6-4-14(8-15(18)9-23)21-25-20(26-30-21)16-5-3-13(7-17(16)22)11-28-19(27)10-24;/h3-8,12H,10-11,24H2,1-2H3;1H. The highest BCUT2D eigenvalue weighted by Gasteiger charge is 2.17. The average molecular weight is 447 g/mol. The molecule has 0 aliphatic carbocycles. The van der Waals surface area contributed by atoms with Crippen molar-refractivity contribution >= 4 is 18.4 Å². The first-order valence-electron chi connectivity index (χ1n) is 9.10. The van der Waals surface area contributed by atoms with E-state index in [-0.39, 0.29) is 48.9 Å². The third kappa shape index (κ3) is 5.78. The Balaban J connectivity index is 0.00000341. The first-order chi connectivity index (χ1) is 14.4. The predicted molar refractivity (Wildman–Crippen MR) is 112 cm³/mol. The maximum atomic E-state index is 14.5. The van der Waals surface area contributed by atoms with E-state index in [2.05, 4.69) is 16.2 Å². The van der Waals surface area contributed by atoms with Crippen LogP contribution in [0.1, 0.15) is 25.0 Å². The zero-order chi connectivity index (χ0) is 21.7. The molecule has 1 heterocycles. The molecule has 0 aliphatic heterocycles. The molecule has 2 N–H and O–H groups in total. The number of nitrogens with zero attached hydrogens (tertiary/aromatic N) is 3. The van der Waals surface area contributed by atoms with Crippen LogP contribution in [0.5, 0.6) is 5.75 Å². The largest absolute Gasteiger partial charge is 0.490 e. The number of carbonyl (C=O) groups excluding carboxylic acids is 1. The smallest absolute Gasteiger partial charge is 0.320 e. The lowest BCUT2D eigenvalue weighted by Gasteiger charge is -2.11. The molecule has 2 aromatic carbocycles. The number of hydrogen-bond acceptors (Lipinski definition) is 8. The number of benzene rings is 2. The van der Waals surface area contributed by atoms with E-state index in [0.29, 0.717) is 22.4 Å². The molecular formula is C21H20ClFN4O4. The quantitative estimate of drug-likeness (QED) is 0.545. The molecule has 8 nitrogen and oxygen atoms in total. The van der Waals surface area contributed by atoms with Gasteiger partial charge < -0.3 is 19.7 Å². The second-order valence-electron chi connectivity index (χ2n) is 6.59. The Morgan fingerprint density at radius 1 is 1.29 bits per heavy atom. The summed E-state index contributed by atoms with van der Waals surface area (Å²) in [4.78, 5) is 15.3. The van der Waals surface area contributed by atoms with Gasteiger partial charge in [-0.25, -0.2) is 4.39 Å². The third-order valence-electron chi connectivity index (χ3n) is 3.98. The molecule has 0 aliphatic rings. The highest BCUT2D eigenvalue weighted by atomic mass is 35.5. The van der Waals surface area contributed by atoms with Crippen molar-refractivity contribution in [2.75, 3.05) is 6.54 Å². The summed E-state index contributed by atoms with van der Waals surface area (Å²) in [6.07, 6.45) is -0.0808. The van der Waals surface area contributed by atoms with Crippen molar-refractivity contribution in [1.82, 2.24) is 10.1 Å². The zero-order valence-electron chi connectivity index (χ0n) is 16.8. The van der Waals surface area contributed by atoms with Gasteiger partial charge in [-0.2, -0.15) is 10.2 Å². The minimum absolute atomic E-state index is 0.